The van der Waals surface area contributed by atoms with Crippen LogP contribution in [0.4, 0.5) is 0 Å². The van der Waals surface area contributed by atoms with Gasteiger partial charge >= 0.3 is 0 Å². The number of aryl methyl sites for hydroxylation is 3. The van der Waals surface area contributed by atoms with E-state index in [0.29, 0.717) is 12.1 Å². The maximum Gasteiger partial charge on any atom is 0.0868 e. The van der Waals surface area contributed by atoms with E-state index in [1.54, 1.807) is 5.56 Å². The van der Waals surface area contributed by atoms with Crippen LogP contribution in [0.5, 0.6) is 0 Å². The minimum atomic E-state index is 0.312. The highest BCUT2D eigenvalue weighted by atomic mass is 15.2. The second kappa shape index (κ2) is 6.28. The van der Waals surface area contributed by atoms with Crippen LogP contribution in [0.25, 0.3) is 0 Å². The highest BCUT2D eigenvalue weighted by Gasteiger charge is 2.29. The quantitative estimate of drug-likeness (QED) is 0.759. The molecular weight excluding hydrogens is 268 g/mol. The van der Waals surface area contributed by atoms with E-state index in [1.807, 2.05) is 6.21 Å². The maximum absolute atomic E-state index is 4.55. The molecule has 2 unspecified atom stereocenters. The molecule has 118 valence electrons. The summed E-state index contributed by atoms with van der Waals surface area (Å²) in [7, 11) is 0. The summed E-state index contributed by atoms with van der Waals surface area (Å²) in [5, 5.41) is 0. The molecule has 2 aliphatic rings. The van der Waals surface area contributed by atoms with Crippen LogP contribution in [0, 0.1) is 20.8 Å². The Labute approximate surface area is 134 Å². The van der Waals surface area contributed by atoms with Crippen LogP contribution < -0.4 is 0 Å². The van der Waals surface area contributed by atoms with Gasteiger partial charge in [0.1, 0.15) is 0 Å². The van der Waals surface area contributed by atoms with Crippen LogP contribution in [-0.4, -0.2) is 23.7 Å². The number of nitrogens with zero attached hydrogens (tertiary/aromatic N) is 2. The number of likely N-dealkylation sites (tertiary alicyclic amines) is 1. The average molecular weight is 296 g/mol. The molecule has 0 aliphatic carbocycles. The molecule has 2 atom stereocenters. The SMILES string of the molecule is Cc1cc(C)c(C2CCCCCN2C2=CC=NC2C)c(C)c1. The number of rotatable bonds is 2. The third-order valence-electron chi connectivity index (χ3n) is 5.14. The van der Waals surface area contributed by atoms with Gasteiger partial charge in [-0.2, -0.15) is 0 Å². The normalized spacial score (nSPS) is 25.3. The fraction of sp³-hybridized carbons (Fsp3) is 0.550. The molecule has 22 heavy (non-hydrogen) atoms. The first-order chi connectivity index (χ1) is 10.6. The number of hydrogen-bond acceptors (Lipinski definition) is 2. The molecule has 2 nitrogen and oxygen atoms in total. The van der Waals surface area contributed by atoms with E-state index in [4.69, 9.17) is 0 Å². The smallest absolute Gasteiger partial charge is 0.0868 e. The van der Waals surface area contributed by atoms with Gasteiger partial charge in [-0.05, 0) is 63.3 Å². The van der Waals surface area contributed by atoms with Gasteiger partial charge in [-0.25, -0.2) is 0 Å². The zero-order valence-corrected chi connectivity index (χ0v) is 14.4. The van der Waals surface area contributed by atoms with Gasteiger partial charge < -0.3 is 4.90 Å². The van der Waals surface area contributed by atoms with E-state index in [1.165, 1.54) is 48.1 Å². The standard InChI is InChI=1S/C20H28N2/c1-14-12-15(2)20(16(3)13-14)19-8-6-5-7-11-22(19)18-9-10-21-17(18)4/h9-10,12-13,17,19H,5-8,11H2,1-4H3. The van der Waals surface area contributed by atoms with Crippen LogP contribution in [0.1, 0.15) is 60.9 Å². The molecule has 0 bridgehead atoms. The Hall–Kier alpha value is -1.57. The van der Waals surface area contributed by atoms with Crippen molar-refractivity contribution in [2.45, 2.75) is 65.5 Å². The van der Waals surface area contributed by atoms with Crippen LogP contribution in [0.15, 0.2) is 28.9 Å². The number of benzene rings is 1. The van der Waals surface area contributed by atoms with Crippen LogP contribution in [0.3, 0.4) is 0 Å². The van der Waals surface area contributed by atoms with Crippen LogP contribution in [-0.2, 0) is 0 Å². The van der Waals surface area contributed by atoms with Gasteiger partial charge in [0.25, 0.3) is 0 Å². The molecule has 0 radical (unpaired) electrons. The first-order valence-electron chi connectivity index (χ1n) is 8.65. The molecule has 0 saturated carbocycles. The van der Waals surface area contributed by atoms with E-state index >= 15 is 0 Å². The molecule has 0 spiro atoms. The summed E-state index contributed by atoms with van der Waals surface area (Å²) in [6, 6.07) is 5.51. The third kappa shape index (κ3) is 2.84. The first kappa shape index (κ1) is 15.3. The zero-order valence-electron chi connectivity index (χ0n) is 14.4. The molecule has 1 fully saturated rings. The average Bonchev–Trinajstić information content (AvgIpc) is 2.73. The first-order valence-corrected chi connectivity index (χ1v) is 8.65. The summed E-state index contributed by atoms with van der Waals surface area (Å²) >= 11 is 0. The Morgan fingerprint density at radius 3 is 2.41 bits per heavy atom. The van der Waals surface area contributed by atoms with Crippen molar-refractivity contribution in [3.8, 4) is 0 Å². The van der Waals surface area contributed by atoms with E-state index in [-0.39, 0.29) is 0 Å². The van der Waals surface area contributed by atoms with Crippen LogP contribution >= 0.6 is 0 Å². The lowest BCUT2D eigenvalue weighted by Gasteiger charge is -2.36. The van der Waals surface area contributed by atoms with E-state index in [2.05, 4.69) is 55.8 Å². The second-order valence-electron chi connectivity index (χ2n) is 6.94. The Bertz CT molecular complexity index is 589. The summed E-state index contributed by atoms with van der Waals surface area (Å²) in [6.07, 6.45) is 9.44. The largest absolute Gasteiger partial charge is 0.366 e. The number of allylic oxidation sites excluding steroid dienone is 1. The summed E-state index contributed by atoms with van der Waals surface area (Å²) < 4.78 is 0. The second-order valence-corrected chi connectivity index (χ2v) is 6.94. The fourth-order valence-electron chi connectivity index (χ4n) is 4.23. The minimum Gasteiger partial charge on any atom is -0.366 e. The van der Waals surface area contributed by atoms with Gasteiger partial charge in [0, 0.05) is 18.5 Å². The Kier molecular flexibility index (Phi) is 4.37. The molecule has 1 aromatic rings. The van der Waals surface area contributed by atoms with Gasteiger partial charge in [-0.1, -0.05) is 30.5 Å². The molecule has 2 heterocycles. The predicted octanol–water partition coefficient (Wildman–Crippen LogP) is 4.89. The van der Waals surface area contributed by atoms with Crippen molar-refractivity contribution in [2.75, 3.05) is 6.54 Å². The molecule has 0 amide bonds. The van der Waals surface area contributed by atoms with Crippen LogP contribution in [0.2, 0.25) is 0 Å². The minimum absolute atomic E-state index is 0.312. The lowest BCUT2D eigenvalue weighted by molar-refractivity contribution is 0.247. The Balaban J connectivity index is 2.01. The molecule has 0 aromatic heterocycles. The number of aliphatic imine (C=N–C) groups is 1. The maximum atomic E-state index is 4.55. The Morgan fingerprint density at radius 2 is 1.77 bits per heavy atom. The predicted molar refractivity (Wildman–Crippen MR) is 94.6 cm³/mol. The van der Waals surface area contributed by atoms with Gasteiger partial charge in [0.05, 0.1) is 12.1 Å². The van der Waals surface area contributed by atoms with E-state index < -0.39 is 0 Å². The summed E-state index contributed by atoms with van der Waals surface area (Å²) in [5.74, 6) is 0. The topological polar surface area (TPSA) is 15.6 Å². The van der Waals surface area contributed by atoms with Crippen molar-refractivity contribution in [3.05, 3.63) is 46.2 Å². The van der Waals surface area contributed by atoms with E-state index in [0.717, 1.165) is 6.54 Å². The third-order valence-corrected chi connectivity index (χ3v) is 5.14. The van der Waals surface area contributed by atoms with Crippen molar-refractivity contribution in [2.24, 2.45) is 4.99 Å². The highest BCUT2D eigenvalue weighted by Crippen LogP contribution is 2.38. The fourth-order valence-corrected chi connectivity index (χ4v) is 4.23. The lowest BCUT2D eigenvalue weighted by Crippen LogP contribution is -2.32. The summed E-state index contributed by atoms with van der Waals surface area (Å²) in [6.45, 7) is 10.1. The number of hydrogen-bond donors (Lipinski definition) is 0. The molecule has 1 aromatic carbocycles. The molecule has 2 heteroatoms. The van der Waals surface area contributed by atoms with Crippen molar-refractivity contribution >= 4 is 6.21 Å². The summed E-state index contributed by atoms with van der Waals surface area (Å²) in [4.78, 5) is 7.20. The Morgan fingerprint density at radius 1 is 1.05 bits per heavy atom. The van der Waals surface area contributed by atoms with Gasteiger partial charge in [0.15, 0.2) is 0 Å². The van der Waals surface area contributed by atoms with Gasteiger partial charge in [-0.15, -0.1) is 0 Å². The molecule has 0 N–H and O–H groups in total. The van der Waals surface area contributed by atoms with Gasteiger partial charge in [-0.3, -0.25) is 4.99 Å². The van der Waals surface area contributed by atoms with Gasteiger partial charge in [0.2, 0.25) is 0 Å². The van der Waals surface area contributed by atoms with Crippen molar-refractivity contribution < 1.29 is 0 Å². The van der Waals surface area contributed by atoms with E-state index in [9.17, 15) is 0 Å². The van der Waals surface area contributed by atoms with Crippen molar-refractivity contribution in [1.29, 1.82) is 0 Å². The zero-order chi connectivity index (χ0) is 15.7. The monoisotopic (exact) mass is 296 g/mol. The highest BCUT2D eigenvalue weighted by molar-refractivity contribution is 5.75. The van der Waals surface area contributed by atoms with Crippen molar-refractivity contribution in [3.63, 3.8) is 0 Å². The van der Waals surface area contributed by atoms with Crippen molar-refractivity contribution in [1.82, 2.24) is 4.90 Å². The molecule has 3 rings (SSSR count). The summed E-state index contributed by atoms with van der Waals surface area (Å²) in [5.41, 5.74) is 7.22. The molecular formula is C20H28N2. The lowest BCUT2D eigenvalue weighted by atomic mass is 9.90. The molecule has 1 saturated heterocycles. The molecule has 2 aliphatic heterocycles.